The maximum Gasteiger partial charge on any atom is 0.335 e. The lowest BCUT2D eigenvalue weighted by Gasteiger charge is -2.13. The molecule has 0 saturated carbocycles. The number of rotatable bonds is 6. The molecule has 1 rings (SSSR count). The van der Waals surface area contributed by atoms with Gasteiger partial charge in [-0.3, -0.25) is 0 Å². The smallest absolute Gasteiger partial charge is 0.335 e. The Labute approximate surface area is 122 Å². The molecular formula is C13H17ClN2O4. The summed E-state index contributed by atoms with van der Waals surface area (Å²) in [6.07, 6.45) is 0. The molecule has 6 nitrogen and oxygen atoms in total. The van der Waals surface area contributed by atoms with E-state index in [1.165, 1.54) is 18.2 Å². The highest BCUT2D eigenvalue weighted by atomic mass is 35.5. The molecule has 1 atom stereocenters. The normalized spacial score (nSPS) is 11.8. The number of carbonyl (C=O) groups excluding carboxylic acids is 1. The van der Waals surface area contributed by atoms with Crippen molar-refractivity contribution in [3.63, 3.8) is 0 Å². The Hall–Kier alpha value is -1.79. The van der Waals surface area contributed by atoms with E-state index in [4.69, 9.17) is 21.4 Å². The molecule has 0 aromatic heterocycles. The molecule has 3 N–H and O–H groups in total. The molecule has 0 radical (unpaired) electrons. The van der Waals surface area contributed by atoms with Gasteiger partial charge in [-0.25, -0.2) is 9.59 Å². The molecule has 7 heteroatoms. The highest BCUT2D eigenvalue weighted by molar-refractivity contribution is 6.34. The molecule has 0 saturated heterocycles. The Kier molecular flexibility index (Phi) is 6.27. The van der Waals surface area contributed by atoms with E-state index in [2.05, 4.69) is 10.6 Å². The Bertz CT molecular complexity index is 493. The van der Waals surface area contributed by atoms with Gasteiger partial charge in [-0.1, -0.05) is 18.5 Å². The van der Waals surface area contributed by atoms with E-state index in [0.717, 1.165) is 0 Å². The Morgan fingerprint density at radius 3 is 2.70 bits per heavy atom. The molecule has 0 aliphatic heterocycles. The number of hydrogen-bond acceptors (Lipinski definition) is 3. The third kappa shape index (κ3) is 5.07. The second kappa shape index (κ2) is 7.72. The van der Waals surface area contributed by atoms with Gasteiger partial charge in [-0.15, -0.1) is 0 Å². The van der Waals surface area contributed by atoms with Crippen LogP contribution < -0.4 is 10.6 Å². The Morgan fingerprint density at radius 2 is 2.15 bits per heavy atom. The summed E-state index contributed by atoms with van der Waals surface area (Å²) in [7, 11) is 1.60. The van der Waals surface area contributed by atoms with Gasteiger partial charge in [0.25, 0.3) is 0 Å². The van der Waals surface area contributed by atoms with Crippen molar-refractivity contribution >= 4 is 29.3 Å². The molecule has 20 heavy (non-hydrogen) atoms. The minimum Gasteiger partial charge on any atom is -0.478 e. The predicted octanol–water partition coefficient (Wildman–Crippen LogP) is 2.44. The third-order valence-corrected chi connectivity index (χ3v) is 2.84. The van der Waals surface area contributed by atoms with Crippen LogP contribution in [-0.4, -0.2) is 37.4 Å². The first-order valence-corrected chi connectivity index (χ1v) is 6.38. The van der Waals surface area contributed by atoms with Gasteiger partial charge in [-0.2, -0.15) is 0 Å². The number of ether oxygens (including phenoxy) is 1. The monoisotopic (exact) mass is 300 g/mol. The maximum atomic E-state index is 11.7. The first-order valence-electron chi connectivity index (χ1n) is 6.00. The van der Waals surface area contributed by atoms with Crippen LogP contribution in [-0.2, 0) is 4.74 Å². The molecule has 0 bridgehead atoms. The first kappa shape index (κ1) is 16.3. The zero-order chi connectivity index (χ0) is 15.1. The SMILES string of the molecule is COCC(C)CNC(=O)Nc1ccc(C(=O)O)cc1Cl. The van der Waals surface area contributed by atoms with Crippen LogP contribution in [0.15, 0.2) is 18.2 Å². The molecule has 0 fully saturated rings. The van der Waals surface area contributed by atoms with Gasteiger partial charge in [0, 0.05) is 13.7 Å². The summed E-state index contributed by atoms with van der Waals surface area (Å²) in [5.41, 5.74) is 0.420. The van der Waals surface area contributed by atoms with Crippen LogP contribution in [0.2, 0.25) is 5.02 Å². The first-order chi connectivity index (χ1) is 9.43. The number of carbonyl (C=O) groups is 2. The summed E-state index contributed by atoms with van der Waals surface area (Å²) >= 11 is 5.90. The number of nitrogens with one attached hydrogen (secondary N) is 2. The molecule has 0 aliphatic rings. The largest absolute Gasteiger partial charge is 0.478 e. The summed E-state index contributed by atoms with van der Waals surface area (Å²) < 4.78 is 4.96. The molecule has 0 heterocycles. The van der Waals surface area contributed by atoms with Crippen LogP contribution in [0.5, 0.6) is 0 Å². The minimum absolute atomic E-state index is 0.0645. The van der Waals surface area contributed by atoms with Crippen molar-refractivity contribution in [2.24, 2.45) is 5.92 Å². The van der Waals surface area contributed by atoms with Gasteiger partial charge in [0.15, 0.2) is 0 Å². The quantitative estimate of drug-likeness (QED) is 0.753. The zero-order valence-corrected chi connectivity index (χ0v) is 12.0. The minimum atomic E-state index is -1.07. The van der Waals surface area contributed by atoms with Crippen LogP contribution in [0.25, 0.3) is 0 Å². The van der Waals surface area contributed by atoms with Gasteiger partial charge >= 0.3 is 12.0 Å². The second-order valence-electron chi connectivity index (χ2n) is 4.40. The summed E-state index contributed by atoms with van der Waals surface area (Å²) in [6.45, 7) is 2.96. The molecule has 2 amide bonds. The van der Waals surface area contributed by atoms with E-state index < -0.39 is 12.0 Å². The van der Waals surface area contributed by atoms with E-state index in [1.54, 1.807) is 7.11 Å². The van der Waals surface area contributed by atoms with Crippen molar-refractivity contribution in [2.45, 2.75) is 6.92 Å². The number of methoxy groups -OCH3 is 1. The van der Waals surface area contributed by atoms with Gasteiger partial charge in [-0.05, 0) is 24.1 Å². The number of aromatic carboxylic acids is 1. The van der Waals surface area contributed by atoms with Crippen molar-refractivity contribution in [3.8, 4) is 0 Å². The van der Waals surface area contributed by atoms with Gasteiger partial charge in [0.1, 0.15) is 0 Å². The number of carboxylic acids is 1. The maximum absolute atomic E-state index is 11.7. The molecule has 1 unspecified atom stereocenters. The fraction of sp³-hybridized carbons (Fsp3) is 0.385. The van der Waals surface area contributed by atoms with E-state index in [-0.39, 0.29) is 16.5 Å². The average Bonchev–Trinajstić information content (AvgIpc) is 2.39. The summed E-state index contributed by atoms with van der Waals surface area (Å²) in [5, 5.41) is 14.2. The van der Waals surface area contributed by atoms with Gasteiger partial charge in [0.05, 0.1) is 22.9 Å². The standard InChI is InChI=1S/C13H17ClN2O4/c1-8(7-20-2)6-15-13(19)16-11-4-3-9(12(17)18)5-10(11)14/h3-5,8H,6-7H2,1-2H3,(H,17,18)(H2,15,16,19). The third-order valence-electron chi connectivity index (χ3n) is 2.53. The number of anilines is 1. The second-order valence-corrected chi connectivity index (χ2v) is 4.80. The number of carboxylic acid groups (broad SMARTS) is 1. The predicted molar refractivity (Wildman–Crippen MR) is 76.5 cm³/mol. The number of urea groups is 1. The fourth-order valence-electron chi connectivity index (χ4n) is 1.53. The van der Waals surface area contributed by atoms with Crippen LogP contribution in [0.4, 0.5) is 10.5 Å². The fourth-order valence-corrected chi connectivity index (χ4v) is 1.75. The topological polar surface area (TPSA) is 87.7 Å². The van der Waals surface area contributed by atoms with Crippen molar-refractivity contribution in [3.05, 3.63) is 28.8 Å². The zero-order valence-electron chi connectivity index (χ0n) is 11.3. The average molecular weight is 301 g/mol. The van der Waals surface area contributed by atoms with Crippen molar-refractivity contribution in [1.29, 1.82) is 0 Å². The van der Waals surface area contributed by atoms with Gasteiger partial charge in [0.2, 0.25) is 0 Å². The number of amides is 2. The Morgan fingerprint density at radius 1 is 1.45 bits per heavy atom. The van der Waals surface area contributed by atoms with Crippen molar-refractivity contribution < 1.29 is 19.4 Å². The lowest BCUT2D eigenvalue weighted by Crippen LogP contribution is -2.33. The summed E-state index contributed by atoms with van der Waals surface area (Å²) in [5.74, 6) is -0.882. The van der Waals surface area contributed by atoms with E-state index in [9.17, 15) is 9.59 Å². The van der Waals surface area contributed by atoms with E-state index in [0.29, 0.717) is 18.8 Å². The summed E-state index contributed by atoms with van der Waals surface area (Å²) in [6, 6.07) is 3.70. The van der Waals surface area contributed by atoms with Crippen LogP contribution in [0.3, 0.4) is 0 Å². The summed E-state index contributed by atoms with van der Waals surface area (Å²) in [4.78, 5) is 22.4. The molecule has 110 valence electrons. The van der Waals surface area contributed by atoms with Crippen LogP contribution >= 0.6 is 11.6 Å². The number of halogens is 1. The lowest BCUT2D eigenvalue weighted by atomic mass is 10.2. The lowest BCUT2D eigenvalue weighted by molar-refractivity contribution is 0.0697. The molecule has 1 aromatic rings. The Balaban J connectivity index is 2.56. The highest BCUT2D eigenvalue weighted by Crippen LogP contribution is 2.22. The molecule has 1 aromatic carbocycles. The molecule has 0 spiro atoms. The van der Waals surface area contributed by atoms with E-state index >= 15 is 0 Å². The van der Waals surface area contributed by atoms with Crippen LogP contribution in [0.1, 0.15) is 17.3 Å². The molecular weight excluding hydrogens is 284 g/mol. The number of benzene rings is 1. The van der Waals surface area contributed by atoms with Crippen LogP contribution in [0, 0.1) is 5.92 Å². The number of hydrogen-bond donors (Lipinski definition) is 3. The van der Waals surface area contributed by atoms with Crippen molar-refractivity contribution in [1.82, 2.24) is 5.32 Å². The van der Waals surface area contributed by atoms with E-state index in [1.807, 2.05) is 6.92 Å². The highest BCUT2D eigenvalue weighted by Gasteiger charge is 2.10. The van der Waals surface area contributed by atoms with Crippen molar-refractivity contribution in [2.75, 3.05) is 25.6 Å². The molecule has 0 aliphatic carbocycles. The van der Waals surface area contributed by atoms with Gasteiger partial charge < -0.3 is 20.5 Å².